The highest BCUT2D eigenvalue weighted by Crippen LogP contribution is 2.40. The summed E-state index contributed by atoms with van der Waals surface area (Å²) in [4.78, 5) is 31.2. The lowest BCUT2D eigenvalue weighted by Gasteiger charge is -2.42. The molecule has 28 heavy (non-hydrogen) atoms. The Kier molecular flexibility index (Phi) is 6.59. The van der Waals surface area contributed by atoms with E-state index < -0.39 is 0 Å². The maximum absolute atomic E-state index is 12.7. The summed E-state index contributed by atoms with van der Waals surface area (Å²) in [5.74, 6) is 1.50. The topological polar surface area (TPSA) is 43.9 Å². The van der Waals surface area contributed by atoms with Crippen LogP contribution in [0.4, 0.5) is 0 Å². The molecule has 0 aromatic heterocycles. The minimum atomic E-state index is 0.271. The summed E-state index contributed by atoms with van der Waals surface area (Å²) in [7, 11) is 0. The molecule has 1 atom stereocenters. The third kappa shape index (κ3) is 4.90. The maximum atomic E-state index is 12.7. The van der Waals surface area contributed by atoms with Gasteiger partial charge in [-0.2, -0.15) is 0 Å². The summed E-state index contributed by atoms with van der Waals surface area (Å²) in [5.41, 5.74) is 0.355. The Morgan fingerprint density at radius 2 is 1.82 bits per heavy atom. The zero-order valence-electron chi connectivity index (χ0n) is 17.7. The minimum absolute atomic E-state index is 0.271. The van der Waals surface area contributed by atoms with Crippen molar-refractivity contribution in [2.75, 3.05) is 45.8 Å². The van der Waals surface area contributed by atoms with Gasteiger partial charge in [0.25, 0.3) is 0 Å². The van der Waals surface area contributed by atoms with Crippen molar-refractivity contribution in [2.24, 2.45) is 11.3 Å². The van der Waals surface area contributed by atoms with Crippen LogP contribution in [-0.2, 0) is 9.59 Å². The van der Waals surface area contributed by atoms with Crippen LogP contribution in [0.5, 0.6) is 0 Å². The van der Waals surface area contributed by atoms with E-state index >= 15 is 0 Å². The van der Waals surface area contributed by atoms with Crippen LogP contribution >= 0.6 is 0 Å². The van der Waals surface area contributed by atoms with Crippen LogP contribution in [0.1, 0.15) is 77.0 Å². The van der Waals surface area contributed by atoms with Gasteiger partial charge in [-0.1, -0.05) is 19.3 Å². The van der Waals surface area contributed by atoms with Crippen LogP contribution < -0.4 is 0 Å². The summed E-state index contributed by atoms with van der Waals surface area (Å²) in [6, 6.07) is 0. The van der Waals surface area contributed by atoms with E-state index in [9.17, 15) is 9.59 Å². The Bertz CT molecular complexity index is 560. The van der Waals surface area contributed by atoms with Gasteiger partial charge in [0.05, 0.1) is 0 Å². The number of nitrogens with zero attached hydrogens (tertiary/aromatic N) is 3. The first-order valence-corrected chi connectivity index (χ1v) is 11.9. The molecule has 0 aromatic carbocycles. The fourth-order valence-electron chi connectivity index (χ4n) is 6.20. The van der Waals surface area contributed by atoms with E-state index in [0.29, 0.717) is 24.2 Å². The molecular weight excluding hydrogens is 350 g/mol. The highest BCUT2D eigenvalue weighted by atomic mass is 16.2. The quantitative estimate of drug-likeness (QED) is 0.700. The Balaban J connectivity index is 1.21. The van der Waals surface area contributed by atoms with Crippen LogP contribution in [0.15, 0.2) is 0 Å². The number of carbonyl (C=O) groups is 2. The predicted molar refractivity (Wildman–Crippen MR) is 111 cm³/mol. The van der Waals surface area contributed by atoms with E-state index in [1.165, 1.54) is 71.0 Å². The second-order valence-corrected chi connectivity index (χ2v) is 10.00. The maximum Gasteiger partial charge on any atom is 0.222 e. The molecule has 1 aliphatic carbocycles. The number of hydrogen-bond acceptors (Lipinski definition) is 3. The summed E-state index contributed by atoms with van der Waals surface area (Å²) < 4.78 is 0. The summed E-state index contributed by atoms with van der Waals surface area (Å²) in [5, 5.41) is 0. The van der Waals surface area contributed by atoms with Crippen molar-refractivity contribution < 1.29 is 9.59 Å². The van der Waals surface area contributed by atoms with Crippen molar-refractivity contribution in [3.8, 4) is 0 Å². The molecule has 3 saturated heterocycles. The molecule has 4 rings (SSSR count). The highest BCUT2D eigenvalue weighted by Gasteiger charge is 2.42. The number of rotatable bonds is 6. The average Bonchev–Trinajstić information content (AvgIpc) is 3.29. The summed E-state index contributed by atoms with van der Waals surface area (Å²) in [6.07, 6.45) is 14.0. The second kappa shape index (κ2) is 9.15. The molecular formula is C23H39N3O2. The van der Waals surface area contributed by atoms with Gasteiger partial charge in [-0.3, -0.25) is 9.59 Å². The molecule has 0 bridgehead atoms. The number of hydrogen-bond donors (Lipinski definition) is 0. The largest absolute Gasteiger partial charge is 0.343 e. The van der Waals surface area contributed by atoms with Crippen molar-refractivity contribution in [1.82, 2.24) is 14.7 Å². The number of piperidine rings is 1. The molecule has 1 saturated carbocycles. The van der Waals surface area contributed by atoms with Crippen LogP contribution in [-0.4, -0.2) is 72.3 Å². The van der Waals surface area contributed by atoms with Gasteiger partial charge >= 0.3 is 0 Å². The molecule has 0 radical (unpaired) electrons. The van der Waals surface area contributed by atoms with E-state index in [4.69, 9.17) is 0 Å². The third-order valence-corrected chi connectivity index (χ3v) is 7.76. The zero-order valence-corrected chi connectivity index (χ0v) is 17.7. The molecule has 5 nitrogen and oxygen atoms in total. The molecule has 5 heteroatoms. The van der Waals surface area contributed by atoms with Crippen molar-refractivity contribution >= 4 is 11.8 Å². The lowest BCUT2D eigenvalue weighted by Crippen LogP contribution is -2.47. The molecule has 2 amide bonds. The van der Waals surface area contributed by atoms with Gasteiger partial charge in [0.15, 0.2) is 0 Å². The fourth-order valence-corrected chi connectivity index (χ4v) is 6.20. The number of amides is 2. The molecule has 3 heterocycles. The van der Waals surface area contributed by atoms with E-state index in [2.05, 4.69) is 9.80 Å². The van der Waals surface area contributed by atoms with Crippen LogP contribution in [0.2, 0.25) is 0 Å². The molecule has 1 spiro atoms. The number of likely N-dealkylation sites (tertiary alicyclic amines) is 3. The highest BCUT2D eigenvalue weighted by molar-refractivity contribution is 5.78. The third-order valence-electron chi connectivity index (χ3n) is 7.76. The van der Waals surface area contributed by atoms with Crippen molar-refractivity contribution in [3.05, 3.63) is 0 Å². The molecule has 158 valence electrons. The van der Waals surface area contributed by atoms with E-state index in [1.807, 2.05) is 4.90 Å². The van der Waals surface area contributed by atoms with E-state index in [0.717, 1.165) is 44.9 Å². The normalized spacial score (nSPS) is 29.9. The van der Waals surface area contributed by atoms with Crippen molar-refractivity contribution in [1.29, 1.82) is 0 Å². The van der Waals surface area contributed by atoms with Gasteiger partial charge in [0.2, 0.25) is 11.8 Å². The van der Waals surface area contributed by atoms with Gasteiger partial charge in [-0.25, -0.2) is 0 Å². The van der Waals surface area contributed by atoms with Crippen molar-refractivity contribution in [3.63, 3.8) is 0 Å². The molecule has 4 aliphatic rings. The molecule has 0 aromatic rings. The summed E-state index contributed by atoms with van der Waals surface area (Å²) >= 11 is 0. The van der Waals surface area contributed by atoms with Gasteiger partial charge in [-0.15, -0.1) is 0 Å². The molecule has 3 aliphatic heterocycles. The first kappa shape index (κ1) is 20.2. The van der Waals surface area contributed by atoms with Gasteiger partial charge < -0.3 is 14.7 Å². The van der Waals surface area contributed by atoms with Gasteiger partial charge in [0, 0.05) is 57.5 Å². The second-order valence-electron chi connectivity index (χ2n) is 10.00. The van der Waals surface area contributed by atoms with Crippen LogP contribution in [0, 0.1) is 11.3 Å². The predicted octanol–water partition coefficient (Wildman–Crippen LogP) is 3.28. The molecule has 0 N–H and O–H groups in total. The minimum Gasteiger partial charge on any atom is -0.343 e. The lowest BCUT2D eigenvalue weighted by molar-refractivity contribution is -0.132. The summed E-state index contributed by atoms with van der Waals surface area (Å²) in [6.45, 7) is 7.31. The molecule has 1 unspecified atom stereocenters. The van der Waals surface area contributed by atoms with Crippen LogP contribution in [0.3, 0.4) is 0 Å². The Morgan fingerprint density at radius 1 is 0.964 bits per heavy atom. The first-order chi connectivity index (χ1) is 13.6. The van der Waals surface area contributed by atoms with E-state index in [1.54, 1.807) is 0 Å². The zero-order chi connectivity index (χ0) is 19.4. The van der Waals surface area contributed by atoms with Gasteiger partial charge in [-0.05, 0) is 57.4 Å². The Hall–Kier alpha value is -1.10. The fraction of sp³-hybridized carbons (Fsp3) is 0.913. The van der Waals surface area contributed by atoms with Gasteiger partial charge in [0.1, 0.15) is 0 Å². The van der Waals surface area contributed by atoms with Crippen molar-refractivity contribution in [2.45, 2.75) is 77.0 Å². The lowest BCUT2D eigenvalue weighted by atomic mass is 9.78. The first-order valence-electron chi connectivity index (χ1n) is 11.9. The smallest absolute Gasteiger partial charge is 0.222 e. The monoisotopic (exact) mass is 389 g/mol. The van der Waals surface area contributed by atoms with Crippen LogP contribution in [0.25, 0.3) is 0 Å². The standard InChI is InChI=1S/C23H39N3O2/c27-21-9-4-14-25(21)15-5-10-22(28)26-16-12-23(19-26)11-6-13-24(18-23)17-20-7-2-1-3-8-20/h20H,1-19H2. The Morgan fingerprint density at radius 3 is 2.61 bits per heavy atom. The molecule has 4 fully saturated rings. The average molecular weight is 390 g/mol. The number of carbonyl (C=O) groups excluding carboxylic acids is 2. The SMILES string of the molecule is O=C1CCCN1CCCC(=O)N1CCC2(CCCN(CC3CCCCC3)C2)C1. The van der Waals surface area contributed by atoms with E-state index in [-0.39, 0.29) is 5.91 Å². The Labute approximate surface area is 170 Å².